The number of nitrogens with one attached hydrogen (secondary N) is 2. The molecule has 0 unspecified atom stereocenters. The zero-order valence-electron chi connectivity index (χ0n) is 11.6. The molecule has 1 atom stereocenters. The minimum atomic E-state index is -1.60. The van der Waals surface area contributed by atoms with Crippen molar-refractivity contribution >= 4 is 23.5 Å². The lowest BCUT2D eigenvalue weighted by molar-refractivity contribution is -0.144. The molecule has 0 radical (unpaired) electrons. The summed E-state index contributed by atoms with van der Waals surface area (Å²) >= 11 is 0. The van der Waals surface area contributed by atoms with Gasteiger partial charge < -0.3 is 15.7 Å². The number of hydrogen-bond acceptors (Lipinski definition) is 3. The van der Waals surface area contributed by atoms with Gasteiger partial charge in [-0.1, -0.05) is 26.0 Å². The lowest BCUT2D eigenvalue weighted by atomic mass is 10.0. The fourth-order valence-electron chi connectivity index (χ4n) is 1.61. The largest absolute Gasteiger partial charge is 0.479 e. The van der Waals surface area contributed by atoms with E-state index in [1.54, 1.807) is 12.1 Å². The van der Waals surface area contributed by atoms with Crippen LogP contribution in [0.1, 0.15) is 32.3 Å². The molecule has 3 N–H and O–H groups in total. The summed E-state index contributed by atoms with van der Waals surface area (Å²) in [6, 6.07) is 5.50. The minimum absolute atomic E-state index is 0.367. The zero-order valence-corrected chi connectivity index (χ0v) is 11.6. The van der Waals surface area contributed by atoms with Crippen LogP contribution >= 0.6 is 0 Å². The molecule has 1 aromatic carbocycles. The van der Waals surface area contributed by atoms with E-state index in [9.17, 15) is 14.4 Å². The molecule has 1 rings (SSSR count). The van der Waals surface area contributed by atoms with E-state index in [2.05, 4.69) is 10.6 Å². The molecule has 0 spiro atoms. The molecule has 108 valence electrons. The summed E-state index contributed by atoms with van der Waals surface area (Å²) in [6.07, 6.45) is 0. The average molecular weight is 278 g/mol. The Hall–Kier alpha value is -2.37. The highest BCUT2D eigenvalue weighted by Gasteiger charge is 2.27. The summed E-state index contributed by atoms with van der Waals surface area (Å²) in [4.78, 5) is 33.6. The van der Waals surface area contributed by atoms with Gasteiger partial charge >= 0.3 is 5.97 Å². The number of aliphatic carboxylic acids is 1. The molecule has 0 heterocycles. The number of carboxylic acid groups (broad SMARTS) is 1. The number of hydrogen-bond donors (Lipinski definition) is 3. The van der Waals surface area contributed by atoms with Crippen LogP contribution in [0.3, 0.4) is 0 Å². The van der Waals surface area contributed by atoms with Gasteiger partial charge in [-0.2, -0.15) is 0 Å². The van der Waals surface area contributed by atoms with Crippen LogP contribution in [0.4, 0.5) is 5.69 Å². The van der Waals surface area contributed by atoms with Crippen LogP contribution in [0.2, 0.25) is 0 Å². The van der Waals surface area contributed by atoms with Gasteiger partial charge in [0.1, 0.15) is 0 Å². The summed E-state index contributed by atoms with van der Waals surface area (Å²) < 4.78 is 0. The standard InChI is InChI=1S/C14H18N2O4/c1-8(2)10-4-6-11(7-5-10)16-13(18)12(14(19)20)15-9(3)17/h4-8,12H,1-3H3,(H,15,17)(H,16,18)(H,19,20)/t12-/m0/s1. The first-order chi connectivity index (χ1) is 9.31. The van der Waals surface area contributed by atoms with Gasteiger partial charge in [0.05, 0.1) is 0 Å². The van der Waals surface area contributed by atoms with Crippen LogP contribution in [0.15, 0.2) is 24.3 Å². The van der Waals surface area contributed by atoms with E-state index >= 15 is 0 Å². The minimum Gasteiger partial charge on any atom is -0.479 e. The van der Waals surface area contributed by atoms with Gasteiger partial charge in [0.2, 0.25) is 11.9 Å². The summed E-state index contributed by atoms with van der Waals surface area (Å²) in [7, 11) is 0. The van der Waals surface area contributed by atoms with Crippen LogP contribution in [0.5, 0.6) is 0 Å². The van der Waals surface area contributed by atoms with Crippen molar-refractivity contribution in [2.45, 2.75) is 32.7 Å². The number of amides is 2. The van der Waals surface area contributed by atoms with Crippen molar-refractivity contribution in [2.75, 3.05) is 5.32 Å². The topological polar surface area (TPSA) is 95.5 Å². The Bertz CT molecular complexity index is 508. The molecular formula is C14H18N2O4. The SMILES string of the molecule is CC(=O)N[C@H](C(=O)O)C(=O)Nc1ccc(C(C)C)cc1. The maximum atomic E-state index is 11.8. The molecule has 6 heteroatoms. The Morgan fingerprint density at radius 2 is 1.65 bits per heavy atom. The summed E-state index contributed by atoms with van der Waals surface area (Å²) in [6.45, 7) is 5.25. The first kappa shape index (κ1) is 15.7. The lowest BCUT2D eigenvalue weighted by Crippen LogP contribution is -2.48. The third-order valence-electron chi connectivity index (χ3n) is 2.70. The first-order valence-corrected chi connectivity index (χ1v) is 6.22. The smallest absolute Gasteiger partial charge is 0.336 e. The predicted octanol–water partition coefficient (Wildman–Crippen LogP) is 1.34. The Kier molecular flexibility index (Phi) is 5.25. The molecule has 0 saturated carbocycles. The van der Waals surface area contributed by atoms with Crippen molar-refractivity contribution in [1.29, 1.82) is 0 Å². The van der Waals surface area contributed by atoms with E-state index in [-0.39, 0.29) is 0 Å². The highest BCUT2D eigenvalue weighted by molar-refractivity contribution is 6.09. The van der Waals surface area contributed by atoms with Gasteiger partial charge in [0, 0.05) is 12.6 Å². The molecule has 0 fully saturated rings. The van der Waals surface area contributed by atoms with E-state index in [1.807, 2.05) is 26.0 Å². The van der Waals surface area contributed by atoms with Crippen molar-refractivity contribution < 1.29 is 19.5 Å². The van der Waals surface area contributed by atoms with Crippen molar-refractivity contribution in [3.63, 3.8) is 0 Å². The number of carbonyl (C=O) groups is 3. The molecule has 1 aromatic rings. The van der Waals surface area contributed by atoms with Crippen molar-refractivity contribution in [3.8, 4) is 0 Å². The van der Waals surface area contributed by atoms with Crippen LogP contribution in [0.25, 0.3) is 0 Å². The summed E-state index contributed by atoms with van der Waals surface area (Å²) in [5.41, 5.74) is 1.59. The predicted molar refractivity (Wildman–Crippen MR) is 74.4 cm³/mol. The Labute approximate surface area is 117 Å². The van der Waals surface area contributed by atoms with E-state index in [1.165, 1.54) is 0 Å². The van der Waals surface area contributed by atoms with Gasteiger partial charge in [0.25, 0.3) is 5.91 Å². The van der Waals surface area contributed by atoms with E-state index in [4.69, 9.17) is 5.11 Å². The molecule has 0 aromatic heterocycles. The Morgan fingerprint density at radius 3 is 2.05 bits per heavy atom. The zero-order chi connectivity index (χ0) is 15.3. The summed E-state index contributed by atoms with van der Waals surface area (Å²) in [5.74, 6) is -2.41. The number of benzene rings is 1. The maximum absolute atomic E-state index is 11.8. The van der Waals surface area contributed by atoms with Gasteiger partial charge in [0.15, 0.2) is 0 Å². The van der Waals surface area contributed by atoms with Crippen LogP contribution < -0.4 is 10.6 Å². The molecule has 0 aliphatic heterocycles. The van der Waals surface area contributed by atoms with Crippen molar-refractivity contribution in [1.82, 2.24) is 5.32 Å². The molecular weight excluding hydrogens is 260 g/mol. The Balaban J connectivity index is 2.77. The van der Waals surface area contributed by atoms with Gasteiger partial charge in [-0.3, -0.25) is 9.59 Å². The molecule has 20 heavy (non-hydrogen) atoms. The molecule has 0 aliphatic carbocycles. The van der Waals surface area contributed by atoms with Crippen molar-refractivity contribution in [3.05, 3.63) is 29.8 Å². The number of carboxylic acids is 1. The lowest BCUT2D eigenvalue weighted by Gasteiger charge is -2.14. The first-order valence-electron chi connectivity index (χ1n) is 6.22. The molecule has 2 amide bonds. The molecule has 0 bridgehead atoms. The van der Waals surface area contributed by atoms with E-state index < -0.39 is 23.8 Å². The van der Waals surface area contributed by atoms with Crippen molar-refractivity contribution in [2.24, 2.45) is 0 Å². The second kappa shape index (κ2) is 6.70. The highest BCUT2D eigenvalue weighted by atomic mass is 16.4. The monoisotopic (exact) mass is 278 g/mol. The second-order valence-electron chi connectivity index (χ2n) is 4.74. The Morgan fingerprint density at radius 1 is 1.10 bits per heavy atom. The highest BCUT2D eigenvalue weighted by Crippen LogP contribution is 2.17. The van der Waals surface area contributed by atoms with Crippen LogP contribution in [-0.4, -0.2) is 28.9 Å². The van der Waals surface area contributed by atoms with Crippen LogP contribution in [-0.2, 0) is 14.4 Å². The maximum Gasteiger partial charge on any atom is 0.336 e. The average Bonchev–Trinajstić information content (AvgIpc) is 2.35. The third-order valence-corrected chi connectivity index (χ3v) is 2.70. The third kappa shape index (κ3) is 4.38. The molecule has 0 saturated heterocycles. The normalized spacial score (nSPS) is 11.8. The quantitative estimate of drug-likeness (QED) is 0.708. The summed E-state index contributed by atoms with van der Waals surface area (Å²) in [5, 5.41) is 13.5. The van der Waals surface area contributed by atoms with E-state index in [0.29, 0.717) is 11.6 Å². The second-order valence-corrected chi connectivity index (χ2v) is 4.74. The number of rotatable bonds is 5. The fraction of sp³-hybridized carbons (Fsp3) is 0.357. The van der Waals surface area contributed by atoms with Gasteiger partial charge in [-0.25, -0.2) is 4.79 Å². The van der Waals surface area contributed by atoms with Gasteiger partial charge in [-0.15, -0.1) is 0 Å². The molecule has 6 nitrogen and oxygen atoms in total. The number of anilines is 1. The van der Waals surface area contributed by atoms with E-state index in [0.717, 1.165) is 12.5 Å². The number of carbonyl (C=O) groups excluding carboxylic acids is 2. The molecule has 0 aliphatic rings. The van der Waals surface area contributed by atoms with Crippen LogP contribution in [0, 0.1) is 0 Å². The van der Waals surface area contributed by atoms with Gasteiger partial charge in [-0.05, 0) is 23.6 Å². The fourth-order valence-corrected chi connectivity index (χ4v) is 1.61.